The Hall–Kier alpha value is -0.0400. The molecule has 0 amide bonds. The van der Waals surface area contributed by atoms with Crippen molar-refractivity contribution >= 4 is 0 Å². The number of ether oxygens (including phenoxy) is 1. The Morgan fingerprint density at radius 2 is 2.12 bits per heavy atom. The quantitative estimate of drug-likeness (QED) is 0.465. The molecule has 0 saturated carbocycles. The van der Waals surface area contributed by atoms with Gasteiger partial charge in [-0.15, -0.1) is 0 Å². The minimum atomic E-state index is 0.875. The van der Waals surface area contributed by atoms with Crippen molar-refractivity contribution in [2.24, 2.45) is 0 Å². The highest BCUT2D eigenvalue weighted by atomic mass is 16.5. The summed E-state index contributed by atoms with van der Waals surface area (Å²) in [4.78, 5) is 0. The first-order valence-electron chi connectivity index (χ1n) is 3.39. The molecule has 0 bridgehead atoms. The van der Waals surface area contributed by atoms with Gasteiger partial charge in [-0.3, -0.25) is 0 Å². The van der Waals surface area contributed by atoms with Crippen molar-refractivity contribution in [1.82, 2.24) is 0 Å². The molecule has 1 radical (unpaired) electrons. The van der Waals surface area contributed by atoms with Gasteiger partial charge in [-0.25, -0.2) is 0 Å². The predicted octanol–water partition coefficient (Wildman–Crippen LogP) is 1.78. The average molecular weight is 113 g/mol. The summed E-state index contributed by atoms with van der Waals surface area (Å²) in [7, 11) is 0. The van der Waals surface area contributed by atoms with Crippen molar-refractivity contribution in [2.75, 3.05) is 13.2 Å². The van der Waals surface area contributed by atoms with Gasteiger partial charge >= 0.3 is 0 Å². The summed E-state index contributed by atoms with van der Waals surface area (Å²) in [6.45, 7) is 1.84. The van der Waals surface area contributed by atoms with Crippen LogP contribution < -0.4 is 0 Å². The molecule has 47 valence electrons. The molecule has 0 aromatic rings. The summed E-state index contributed by atoms with van der Waals surface area (Å²) in [6, 6.07) is 0. The van der Waals surface area contributed by atoms with Crippen LogP contribution in [0.5, 0.6) is 0 Å². The Labute approximate surface area is 51.0 Å². The summed E-state index contributed by atoms with van der Waals surface area (Å²) in [5, 5.41) is 0. The zero-order valence-corrected chi connectivity index (χ0v) is 5.23. The lowest BCUT2D eigenvalue weighted by molar-refractivity contribution is 0.140. The normalized spacial score (nSPS) is 24.0. The average Bonchev–Trinajstić information content (AvgIpc) is 1.62. The summed E-state index contributed by atoms with van der Waals surface area (Å²) in [6.07, 6.45) is 7.44. The standard InChI is InChI=1S/C7H13O/c1-2-4-6-8-7-5-3-1/h4H,1-3,5-7H2. The van der Waals surface area contributed by atoms with Gasteiger partial charge in [0.15, 0.2) is 0 Å². The molecule has 0 N–H and O–H groups in total. The molecule has 1 nitrogen and oxygen atoms in total. The van der Waals surface area contributed by atoms with E-state index in [1.54, 1.807) is 0 Å². The van der Waals surface area contributed by atoms with E-state index in [1.165, 1.54) is 25.7 Å². The molecule has 1 saturated heterocycles. The highest BCUT2D eigenvalue weighted by Crippen LogP contribution is 2.05. The molecule has 1 heterocycles. The van der Waals surface area contributed by atoms with Crippen LogP contribution in [0.4, 0.5) is 0 Å². The highest BCUT2D eigenvalue weighted by Gasteiger charge is 1.95. The monoisotopic (exact) mass is 113 g/mol. The number of rotatable bonds is 0. The maximum Gasteiger partial charge on any atom is 0.0497 e. The van der Waals surface area contributed by atoms with Gasteiger partial charge in [0.1, 0.15) is 0 Å². The van der Waals surface area contributed by atoms with Crippen molar-refractivity contribution in [2.45, 2.75) is 25.7 Å². The van der Waals surface area contributed by atoms with Crippen molar-refractivity contribution < 1.29 is 4.74 Å². The number of hydrogen-bond donors (Lipinski definition) is 0. The molecule has 0 aliphatic carbocycles. The van der Waals surface area contributed by atoms with Crippen LogP contribution in [0.25, 0.3) is 0 Å². The third kappa shape index (κ3) is 2.31. The van der Waals surface area contributed by atoms with Crippen LogP contribution in [0, 0.1) is 6.42 Å². The van der Waals surface area contributed by atoms with Crippen LogP contribution in [0.3, 0.4) is 0 Å². The molecule has 1 aliphatic rings. The zero-order valence-electron chi connectivity index (χ0n) is 5.23. The second kappa shape index (κ2) is 3.90. The second-order valence-electron chi connectivity index (χ2n) is 2.21. The minimum absolute atomic E-state index is 0.875. The lowest BCUT2D eigenvalue weighted by Gasteiger charge is -2.07. The molecule has 1 fully saturated rings. The van der Waals surface area contributed by atoms with Crippen LogP contribution >= 0.6 is 0 Å². The van der Waals surface area contributed by atoms with Gasteiger partial charge in [-0.05, 0) is 19.3 Å². The fraction of sp³-hybridized carbons (Fsp3) is 0.857. The van der Waals surface area contributed by atoms with Gasteiger partial charge in [-0.2, -0.15) is 0 Å². The largest absolute Gasteiger partial charge is 0.381 e. The Balaban J connectivity index is 2.00. The molecule has 0 aromatic carbocycles. The molecular formula is C7H13O. The topological polar surface area (TPSA) is 9.23 Å². The second-order valence-corrected chi connectivity index (χ2v) is 2.21. The van der Waals surface area contributed by atoms with Gasteiger partial charge in [0.05, 0.1) is 0 Å². The molecule has 1 heteroatoms. The van der Waals surface area contributed by atoms with E-state index in [2.05, 4.69) is 6.42 Å². The maximum atomic E-state index is 5.22. The Morgan fingerprint density at radius 1 is 1.12 bits per heavy atom. The molecular weight excluding hydrogens is 100 g/mol. The smallest absolute Gasteiger partial charge is 0.0497 e. The fourth-order valence-electron chi connectivity index (χ4n) is 0.920. The predicted molar refractivity (Wildman–Crippen MR) is 33.6 cm³/mol. The van der Waals surface area contributed by atoms with Crippen molar-refractivity contribution in [3.63, 3.8) is 0 Å². The van der Waals surface area contributed by atoms with Gasteiger partial charge in [0, 0.05) is 13.2 Å². The molecule has 0 unspecified atom stereocenters. The minimum Gasteiger partial charge on any atom is -0.381 e. The van der Waals surface area contributed by atoms with E-state index in [-0.39, 0.29) is 0 Å². The van der Waals surface area contributed by atoms with E-state index in [1.807, 2.05) is 0 Å². The highest BCUT2D eigenvalue weighted by molar-refractivity contribution is 4.64. The van der Waals surface area contributed by atoms with Gasteiger partial charge in [0.2, 0.25) is 0 Å². The Kier molecular flexibility index (Phi) is 2.97. The zero-order chi connectivity index (χ0) is 5.66. The molecule has 0 atom stereocenters. The van der Waals surface area contributed by atoms with Crippen LogP contribution in [-0.2, 0) is 4.74 Å². The van der Waals surface area contributed by atoms with Crippen molar-refractivity contribution in [1.29, 1.82) is 0 Å². The third-order valence-electron chi connectivity index (χ3n) is 1.43. The fourth-order valence-corrected chi connectivity index (χ4v) is 0.920. The van der Waals surface area contributed by atoms with E-state index in [0.717, 1.165) is 13.2 Å². The van der Waals surface area contributed by atoms with Crippen molar-refractivity contribution in [3.8, 4) is 0 Å². The SMILES string of the molecule is [CH]1CCCCCOC1. The van der Waals surface area contributed by atoms with E-state index >= 15 is 0 Å². The van der Waals surface area contributed by atoms with E-state index in [9.17, 15) is 0 Å². The summed E-state index contributed by atoms with van der Waals surface area (Å²) in [5.74, 6) is 0. The van der Waals surface area contributed by atoms with Crippen molar-refractivity contribution in [3.05, 3.63) is 6.42 Å². The lowest BCUT2D eigenvalue weighted by Crippen LogP contribution is -2.01. The lowest BCUT2D eigenvalue weighted by atomic mass is 10.1. The van der Waals surface area contributed by atoms with Gasteiger partial charge in [-0.1, -0.05) is 12.8 Å². The van der Waals surface area contributed by atoms with Crippen LogP contribution in [0.15, 0.2) is 0 Å². The summed E-state index contributed by atoms with van der Waals surface area (Å²) >= 11 is 0. The maximum absolute atomic E-state index is 5.22. The molecule has 0 aromatic heterocycles. The van der Waals surface area contributed by atoms with Gasteiger partial charge in [0.25, 0.3) is 0 Å². The summed E-state index contributed by atoms with van der Waals surface area (Å²) in [5.41, 5.74) is 0. The van der Waals surface area contributed by atoms with Crippen LogP contribution in [-0.4, -0.2) is 13.2 Å². The van der Waals surface area contributed by atoms with E-state index < -0.39 is 0 Å². The molecule has 8 heavy (non-hydrogen) atoms. The van der Waals surface area contributed by atoms with E-state index in [0.29, 0.717) is 0 Å². The summed E-state index contributed by atoms with van der Waals surface area (Å²) < 4.78 is 5.22. The first kappa shape index (κ1) is 6.09. The first-order chi connectivity index (χ1) is 4.00. The molecule has 0 spiro atoms. The Bertz CT molecular complexity index is 28.3. The molecule has 1 rings (SSSR count). The Morgan fingerprint density at radius 3 is 3.12 bits per heavy atom. The van der Waals surface area contributed by atoms with Gasteiger partial charge < -0.3 is 4.74 Å². The third-order valence-corrected chi connectivity index (χ3v) is 1.43. The van der Waals surface area contributed by atoms with Crippen LogP contribution in [0.2, 0.25) is 0 Å². The van der Waals surface area contributed by atoms with Crippen LogP contribution in [0.1, 0.15) is 25.7 Å². The molecule has 1 aliphatic heterocycles. The first-order valence-corrected chi connectivity index (χ1v) is 3.39. The number of hydrogen-bond acceptors (Lipinski definition) is 1. The van der Waals surface area contributed by atoms with E-state index in [4.69, 9.17) is 4.74 Å².